The average Bonchev–Trinajstić information content (AvgIpc) is 3.84. The van der Waals surface area contributed by atoms with E-state index in [2.05, 4.69) is 61.1 Å². The first-order chi connectivity index (χ1) is 26.9. The van der Waals surface area contributed by atoms with Crippen LogP contribution in [0.3, 0.4) is 0 Å². The Morgan fingerprint density at radius 2 is 0.857 bits per heavy atom. The van der Waals surface area contributed by atoms with Crippen LogP contribution in [0.4, 0.5) is 0 Å². The summed E-state index contributed by atoms with van der Waals surface area (Å²) in [6, 6.07) is 36.3. The maximum atomic E-state index is 13.6. The van der Waals surface area contributed by atoms with Crippen molar-refractivity contribution in [2.24, 2.45) is 10.8 Å². The first-order valence-electron chi connectivity index (χ1n) is 19.3. The molecule has 0 spiro atoms. The fourth-order valence-corrected chi connectivity index (χ4v) is 9.06. The molecule has 2 aliphatic heterocycles. The summed E-state index contributed by atoms with van der Waals surface area (Å²) in [5, 5.41) is 1.31. The lowest BCUT2D eigenvalue weighted by Gasteiger charge is -2.19. The average molecular weight is 786 g/mol. The highest BCUT2D eigenvalue weighted by molar-refractivity contribution is 6.31. The Bertz CT molecular complexity index is 2240. The third-order valence-electron chi connectivity index (χ3n) is 11.0. The molecule has 0 amide bonds. The van der Waals surface area contributed by atoms with Gasteiger partial charge in [0.05, 0.1) is 12.8 Å². The van der Waals surface area contributed by atoms with Crippen molar-refractivity contribution in [3.8, 4) is 44.5 Å². The van der Waals surface area contributed by atoms with Crippen molar-refractivity contribution < 1.29 is 19.1 Å². The van der Waals surface area contributed by atoms with Crippen molar-refractivity contribution in [2.75, 3.05) is 13.2 Å². The van der Waals surface area contributed by atoms with Crippen molar-refractivity contribution in [3.63, 3.8) is 0 Å². The Morgan fingerprint density at radius 3 is 1.21 bits per heavy atom. The molecule has 0 radical (unpaired) electrons. The van der Waals surface area contributed by atoms with Gasteiger partial charge in [0.1, 0.15) is 13.2 Å². The van der Waals surface area contributed by atoms with Gasteiger partial charge in [-0.05, 0) is 70.2 Å². The van der Waals surface area contributed by atoms with Crippen LogP contribution in [0.1, 0.15) is 50.5 Å². The summed E-state index contributed by atoms with van der Waals surface area (Å²) in [5.41, 5.74) is 12.9. The molecule has 2 aliphatic rings. The highest BCUT2D eigenvalue weighted by Gasteiger charge is 2.38. The Hall–Kier alpha value is -5.04. The van der Waals surface area contributed by atoms with Crippen LogP contribution in [-0.4, -0.2) is 34.3 Å². The van der Waals surface area contributed by atoms with Gasteiger partial charge in [-0.1, -0.05) is 136 Å². The molecule has 0 saturated heterocycles. The van der Waals surface area contributed by atoms with Crippen LogP contribution in [0.25, 0.3) is 44.5 Å². The predicted octanol–water partition coefficient (Wildman–Crippen LogP) is 11.3. The maximum absolute atomic E-state index is 13.6. The summed E-state index contributed by atoms with van der Waals surface area (Å²) < 4.78 is 16.2. The van der Waals surface area contributed by atoms with E-state index in [-0.39, 0.29) is 48.8 Å². The standard InChI is InChI=1S/C48H46Cl2N2O4/c1-47(2)27-39-45(31-11-7-5-8-12-31)43(33-15-19-35(49)20-16-33)37(51(39)29-47)25-41(53)55-23-24-56-42(54)26-38-44(34-17-21-36(50)22-18-34)46(32-13-9-6-10-14-32)40-28-48(3,4)30-52(38)40/h5-22H,23-30H2,1-4H3. The highest BCUT2D eigenvalue weighted by atomic mass is 35.5. The summed E-state index contributed by atoms with van der Waals surface area (Å²) in [6.07, 6.45) is 1.94. The molecule has 0 bridgehead atoms. The van der Waals surface area contributed by atoms with Crippen LogP contribution in [0, 0.1) is 10.8 Å². The van der Waals surface area contributed by atoms with E-state index in [0.29, 0.717) is 10.0 Å². The first kappa shape index (κ1) is 37.9. The molecule has 8 heteroatoms. The van der Waals surface area contributed by atoms with E-state index in [4.69, 9.17) is 32.7 Å². The second kappa shape index (κ2) is 15.1. The fourth-order valence-electron chi connectivity index (χ4n) is 8.81. The number of ether oxygens (including phenoxy) is 2. The zero-order chi connectivity index (χ0) is 39.2. The lowest BCUT2D eigenvalue weighted by molar-refractivity contribution is -0.151. The summed E-state index contributed by atoms with van der Waals surface area (Å²) in [6.45, 7) is 10.6. The van der Waals surface area contributed by atoms with Crippen LogP contribution < -0.4 is 0 Å². The molecule has 0 N–H and O–H groups in total. The van der Waals surface area contributed by atoms with E-state index >= 15 is 0 Å². The zero-order valence-electron chi connectivity index (χ0n) is 32.3. The highest BCUT2D eigenvalue weighted by Crippen LogP contribution is 2.49. The van der Waals surface area contributed by atoms with E-state index in [0.717, 1.165) is 81.8 Å². The molecular formula is C48H46Cl2N2O4. The molecular weight excluding hydrogens is 739 g/mol. The lowest BCUT2D eigenvalue weighted by Crippen LogP contribution is -2.20. The molecule has 0 atom stereocenters. The first-order valence-corrected chi connectivity index (χ1v) is 20.1. The minimum Gasteiger partial charge on any atom is -0.462 e. The Balaban J connectivity index is 1.01. The van der Waals surface area contributed by atoms with E-state index in [9.17, 15) is 9.59 Å². The second-order valence-corrected chi connectivity index (χ2v) is 17.6. The maximum Gasteiger partial charge on any atom is 0.311 e. The van der Waals surface area contributed by atoms with Crippen molar-refractivity contribution >= 4 is 35.1 Å². The van der Waals surface area contributed by atoms with Gasteiger partial charge in [-0.3, -0.25) is 9.59 Å². The monoisotopic (exact) mass is 784 g/mol. The molecule has 0 aliphatic carbocycles. The number of halogens is 2. The van der Waals surface area contributed by atoms with Crippen molar-refractivity contribution in [2.45, 2.75) is 66.5 Å². The third kappa shape index (κ3) is 7.57. The quantitative estimate of drug-likeness (QED) is 0.0969. The fraction of sp³-hybridized carbons (Fsp3) is 0.292. The molecule has 8 rings (SSSR count). The molecule has 56 heavy (non-hydrogen) atoms. The Labute approximate surface area is 339 Å². The lowest BCUT2D eigenvalue weighted by atomic mass is 9.86. The van der Waals surface area contributed by atoms with Gasteiger partial charge in [0, 0.05) is 68.2 Å². The number of hydrogen-bond donors (Lipinski definition) is 0. The van der Waals surface area contributed by atoms with E-state index < -0.39 is 0 Å². The van der Waals surface area contributed by atoms with Gasteiger partial charge in [-0.2, -0.15) is 0 Å². The number of carbonyl (C=O) groups is 2. The van der Waals surface area contributed by atoms with E-state index in [1.165, 1.54) is 11.4 Å². The summed E-state index contributed by atoms with van der Waals surface area (Å²) in [5.74, 6) is -0.741. The van der Waals surface area contributed by atoms with Crippen molar-refractivity contribution in [1.29, 1.82) is 0 Å². The number of hydrogen-bond acceptors (Lipinski definition) is 4. The van der Waals surface area contributed by atoms with Crippen LogP contribution >= 0.6 is 23.2 Å². The third-order valence-corrected chi connectivity index (χ3v) is 11.5. The molecule has 0 saturated carbocycles. The van der Waals surface area contributed by atoms with Gasteiger partial charge in [0.15, 0.2) is 0 Å². The van der Waals surface area contributed by atoms with Crippen LogP contribution in [0.15, 0.2) is 109 Å². The normalized spacial score (nSPS) is 15.0. The van der Waals surface area contributed by atoms with Crippen molar-refractivity contribution in [3.05, 3.63) is 142 Å². The predicted molar refractivity (Wildman–Crippen MR) is 225 cm³/mol. The van der Waals surface area contributed by atoms with Crippen LogP contribution in [0.5, 0.6) is 0 Å². The Morgan fingerprint density at radius 1 is 0.518 bits per heavy atom. The zero-order valence-corrected chi connectivity index (χ0v) is 33.8. The number of carbonyl (C=O) groups excluding carboxylic acids is 2. The second-order valence-electron chi connectivity index (χ2n) is 16.7. The molecule has 4 heterocycles. The summed E-state index contributed by atoms with van der Waals surface area (Å²) in [7, 11) is 0. The minimum atomic E-state index is -0.370. The SMILES string of the molecule is CC1(C)Cc2c(-c3ccccc3)c(-c3ccc(Cl)cc3)c(CC(=O)OCCOC(=O)Cc3c(-c4ccc(Cl)cc4)c(-c4ccccc4)c4n3CC(C)(C)C4)n2C1. The van der Waals surface area contributed by atoms with Gasteiger partial charge in [-0.15, -0.1) is 0 Å². The number of aromatic nitrogens is 2. The molecule has 6 aromatic rings. The smallest absolute Gasteiger partial charge is 0.311 e. The van der Waals surface area contributed by atoms with Gasteiger partial charge >= 0.3 is 11.9 Å². The molecule has 286 valence electrons. The van der Waals surface area contributed by atoms with Gasteiger partial charge in [0.25, 0.3) is 0 Å². The molecule has 0 unspecified atom stereocenters. The number of esters is 2. The van der Waals surface area contributed by atoms with Gasteiger partial charge < -0.3 is 18.6 Å². The van der Waals surface area contributed by atoms with E-state index in [1.54, 1.807) is 0 Å². The molecule has 6 nitrogen and oxygen atoms in total. The summed E-state index contributed by atoms with van der Waals surface area (Å²) >= 11 is 12.6. The number of nitrogens with zero attached hydrogens (tertiary/aromatic N) is 2. The van der Waals surface area contributed by atoms with Crippen LogP contribution in [-0.2, 0) is 57.8 Å². The van der Waals surface area contributed by atoms with Crippen molar-refractivity contribution in [1.82, 2.24) is 9.13 Å². The molecule has 2 aromatic heterocycles. The van der Waals surface area contributed by atoms with E-state index in [1.807, 2.05) is 84.9 Å². The minimum absolute atomic E-state index is 0.0371. The molecule has 0 fully saturated rings. The number of rotatable bonds is 11. The van der Waals surface area contributed by atoms with Gasteiger partial charge in [-0.25, -0.2) is 0 Å². The summed E-state index contributed by atoms with van der Waals surface area (Å²) in [4.78, 5) is 27.3. The largest absolute Gasteiger partial charge is 0.462 e. The number of fused-ring (bicyclic) bond motifs is 2. The van der Waals surface area contributed by atoms with Crippen LogP contribution in [0.2, 0.25) is 10.0 Å². The number of benzene rings is 4. The molecule has 4 aromatic carbocycles. The topological polar surface area (TPSA) is 62.5 Å². The van der Waals surface area contributed by atoms with Gasteiger partial charge in [0.2, 0.25) is 0 Å². The Kier molecular flexibility index (Phi) is 10.2.